The third kappa shape index (κ3) is 3.30. The van der Waals surface area contributed by atoms with Gasteiger partial charge in [-0.05, 0) is 32.4 Å². The maximum atomic E-state index is 6.22. The van der Waals surface area contributed by atoms with Crippen LogP contribution in [0.15, 0.2) is 30.3 Å². The van der Waals surface area contributed by atoms with Crippen molar-refractivity contribution >= 4 is 0 Å². The topological polar surface area (TPSA) is 21.3 Å². The minimum atomic E-state index is 0.190. The Morgan fingerprint density at radius 3 is 2.59 bits per heavy atom. The SMILES string of the molecule is CNC1CCCCC1OC(C)c1ccccc1. The van der Waals surface area contributed by atoms with Crippen molar-refractivity contribution in [2.75, 3.05) is 7.05 Å². The second-order valence-electron chi connectivity index (χ2n) is 4.91. The molecule has 17 heavy (non-hydrogen) atoms. The molecule has 0 amide bonds. The normalized spacial score (nSPS) is 26.7. The van der Waals surface area contributed by atoms with Crippen LogP contribution in [0.3, 0.4) is 0 Å². The molecule has 1 aromatic carbocycles. The van der Waals surface area contributed by atoms with E-state index in [0.29, 0.717) is 12.1 Å². The lowest BCUT2D eigenvalue weighted by atomic mass is 9.92. The van der Waals surface area contributed by atoms with Crippen LogP contribution < -0.4 is 5.32 Å². The maximum absolute atomic E-state index is 6.22. The quantitative estimate of drug-likeness (QED) is 0.861. The first kappa shape index (κ1) is 12.6. The fourth-order valence-electron chi connectivity index (χ4n) is 2.65. The van der Waals surface area contributed by atoms with Gasteiger partial charge in [-0.15, -0.1) is 0 Å². The second kappa shape index (κ2) is 6.18. The molecular formula is C15H23NO. The Morgan fingerprint density at radius 1 is 1.18 bits per heavy atom. The lowest BCUT2D eigenvalue weighted by Gasteiger charge is -2.33. The van der Waals surface area contributed by atoms with Crippen LogP contribution in [-0.2, 0) is 4.74 Å². The summed E-state index contributed by atoms with van der Waals surface area (Å²) < 4.78 is 6.22. The third-order valence-electron chi connectivity index (χ3n) is 3.72. The van der Waals surface area contributed by atoms with E-state index in [2.05, 4.69) is 36.5 Å². The molecule has 1 aromatic rings. The molecule has 0 aliphatic heterocycles. The van der Waals surface area contributed by atoms with Gasteiger partial charge in [0.15, 0.2) is 0 Å². The molecule has 3 unspecified atom stereocenters. The summed E-state index contributed by atoms with van der Waals surface area (Å²) in [7, 11) is 2.04. The fraction of sp³-hybridized carbons (Fsp3) is 0.600. The van der Waals surface area contributed by atoms with E-state index in [1.807, 2.05) is 13.1 Å². The maximum Gasteiger partial charge on any atom is 0.0801 e. The van der Waals surface area contributed by atoms with Crippen LogP contribution in [0, 0.1) is 0 Å². The molecule has 3 atom stereocenters. The van der Waals surface area contributed by atoms with E-state index in [1.165, 1.54) is 31.2 Å². The highest BCUT2D eigenvalue weighted by atomic mass is 16.5. The number of rotatable bonds is 4. The zero-order valence-electron chi connectivity index (χ0n) is 10.9. The summed E-state index contributed by atoms with van der Waals surface area (Å²) in [5.41, 5.74) is 1.27. The largest absolute Gasteiger partial charge is 0.369 e. The predicted octanol–water partition coefficient (Wildman–Crippen LogP) is 3.29. The van der Waals surface area contributed by atoms with Gasteiger partial charge < -0.3 is 10.1 Å². The first-order valence-electron chi connectivity index (χ1n) is 6.69. The lowest BCUT2D eigenvalue weighted by molar-refractivity contribution is -0.0389. The Balaban J connectivity index is 1.95. The molecule has 1 aliphatic carbocycles. The summed E-state index contributed by atoms with van der Waals surface area (Å²) in [6.07, 6.45) is 5.60. The minimum absolute atomic E-state index is 0.190. The number of hydrogen-bond acceptors (Lipinski definition) is 2. The van der Waals surface area contributed by atoms with Crippen molar-refractivity contribution in [2.45, 2.75) is 50.9 Å². The van der Waals surface area contributed by atoms with Crippen LogP contribution in [0.25, 0.3) is 0 Å². The smallest absolute Gasteiger partial charge is 0.0801 e. The first-order chi connectivity index (χ1) is 8.31. The van der Waals surface area contributed by atoms with Crippen LogP contribution in [0.5, 0.6) is 0 Å². The predicted molar refractivity (Wildman–Crippen MR) is 71.0 cm³/mol. The summed E-state index contributed by atoms with van der Waals surface area (Å²) >= 11 is 0. The Kier molecular flexibility index (Phi) is 4.57. The van der Waals surface area contributed by atoms with Crippen molar-refractivity contribution in [1.82, 2.24) is 5.32 Å². The van der Waals surface area contributed by atoms with E-state index in [4.69, 9.17) is 4.74 Å². The second-order valence-corrected chi connectivity index (χ2v) is 4.91. The molecule has 94 valence electrons. The Bertz CT molecular complexity index is 325. The van der Waals surface area contributed by atoms with Gasteiger partial charge in [-0.3, -0.25) is 0 Å². The number of likely N-dealkylation sites (N-methyl/N-ethyl adjacent to an activating group) is 1. The monoisotopic (exact) mass is 233 g/mol. The lowest BCUT2D eigenvalue weighted by Crippen LogP contribution is -2.42. The zero-order chi connectivity index (χ0) is 12.1. The molecule has 2 rings (SSSR count). The molecule has 2 nitrogen and oxygen atoms in total. The molecule has 1 N–H and O–H groups in total. The Labute approximate surface area is 104 Å². The van der Waals surface area contributed by atoms with Crippen LogP contribution in [0.2, 0.25) is 0 Å². The van der Waals surface area contributed by atoms with Crippen LogP contribution >= 0.6 is 0 Å². The van der Waals surface area contributed by atoms with Crippen molar-refractivity contribution in [1.29, 1.82) is 0 Å². The van der Waals surface area contributed by atoms with Crippen LogP contribution in [-0.4, -0.2) is 19.2 Å². The van der Waals surface area contributed by atoms with Crippen molar-refractivity contribution in [2.24, 2.45) is 0 Å². The summed E-state index contributed by atoms with van der Waals surface area (Å²) in [5, 5.41) is 3.39. The van der Waals surface area contributed by atoms with Crippen LogP contribution in [0.4, 0.5) is 0 Å². The van der Waals surface area contributed by atoms with Gasteiger partial charge in [0.05, 0.1) is 12.2 Å². The Hall–Kier alpha value is -0.860. The highest BCUT2D eigenvalue weighted by molar-refractivity contribution is 5.16. The average Bonchev–Trinajstić information content (AvgIpc) is 2.40. The highest BCUT2D eigenvalue weighted by Crippen LogP contribution is 2.26. The van der Waals surface area contributed by atoms with Crippen LogP contribution in [0.1, 0.15) is 44.3 Å². The van der Waals surface area contributed by atoms with Crippen molar-refractivity contribution in [3.63, 3.8) is 0 Å². The van der Waals surface area contributed by atoms with Gasteiger partial charge in [0.1, 0.15) is 0 Å². The van der Waals surface area contributed by atoms with E-state index < -0.39 is 0 Å². The van der Waals surface area contributed by atoms with E-state index in [9.17, 15) is 0 Å². The number of benzene rings is 1. The summed E-state index contributed by atoms with van der Waals surface area (Å²) in [4.78, 5) is 0. The highest BCUT2D eigenvalue weighted by Gasteiger charge is 2.26. The van der Waals surface area contributed by atoms with E-state index >= 15 is 0 Å². The number of ether oxygens (including phenoxy) is 1. The molecule has 0 radical (unpaired) electrons. The van der Waals surface area contributed by atoms with Gasteiger partial charge >= 0.3 is 0 Å². The molecule has 0 bridgehead atoms. The fourth-order valence-corrected chi connectivity index (χ4v) is 2.65. The number of hydrogen-bond donors (Lipinski definition) is 1. The van der Waals surface area contributed by atoms with Crippen molar-refractivity contribution < 1.29 is 4.74 Å². The molecule has 2 heteroatoms. The number of nitrogens with one attached hydrogen (secondary N) is 1. The minimum Gasteiger partial charge on any atom is -0.369 e. The molecule has 0 heterocycles. The molecule has 0 saturated heterocycles. The summed E-state index contributed by atoms with van der Waals surface area (Å²) in [5.74, 6) is 0. The van der Waals surface area contributed by atoms with Gasteiger partial charge in [-0.2, -0.15) is 0 Å². The van der Waals surface area contributed by atoms with Gasteiger partial charge in [-0.25, -0.2) is 0 Å². The van der Waals surface area contributed by atoms with Crippen molar-refractivity contribution in [3.8, 4) is 0 Å². The van der Waals surface area contributed by atoms with E-state index in [1.54, 1.807) is 0 Å². The molecule has 0 aromatic heterocycles. The third-order valence-corrected chi connectivity index (χ3v) is 3.72. The van der Waals surface area contributed by atoms with Crippen molar-refractivity contribution in [3.05, 3.63) is 35.9 Å². The zero-order valence-corrected chi connectivity index (χ0v) is 10.9. The summed E-state index contributed by atoms with van der Waals surface area (Å²) in [6, 6.07) is 11.0. The molecular weight excluding hydrogens is 210 g/mol. The van der Waals surface area contributed by atoms with Gasteiger partial charge in [0, 0.05) is 6.04 Å². The standard InChI is InChI=1S/C15H23NO/c1-12(13-8-4-3-5-9-13)17-15-11-7-6-10-14(15)16-2/h3-5,8-9,12,14-16H,6-7,10-11H2,1-2H3. The summed E-state index contributed by atoms with van der Waals surface area (Å²) in [6.45, 7) is 2.15. The van der Waals surface area contributed by atoms with E-state index in [-0.39, 0.29) is 6.10 Å². The van der Waals surface area contributed by atoms with Gasteiger partial charge in [-0.1, -0.05) is 43.2 Å². The average molecular weight is 233 g/mol. The molecule has 1 fully saturated rings. The Morgan fingerprint density at radius 2 is 1.88 bits per heavy atom. The van der Waals surface area contributed by atoms with Gasteiger partial charge in [0.2, 0.25) is 0 Å². The molecule has 0 spiro atoms. The molecule has 1 aliphatic rings. The first-order valence-corrected chi connectivity index (χ1v) is 6.69. The van der Waals surface area contributed by atoms with E-state index in [0.717, 1.165) is 0 Å². The van der Waals surface area contributed by atoms with Gasteiger partial charge in [0.25, 0.3) is 0 Å². The molecule has 1 saturated carbocycles.